The summed E-state index contributed by atoms with van der Waals surface area (Å²) < 4.78 is 6.68. The first-order valence-corrected chi connectivity index (χ1v) is 22.9. The van der Waals surface area contributed by atoms with Crippen molar-refractivity contribution in [2.45, 2.75) is 0 Å². The third-order valence-electron chi connectivity index (χ3n) is 12.2. The van der Waals surface area contributed by atoms with Crippen LogP contribution in [0.5, 0.6) is 0 Å². The molecule has 2 nitrogen and oxygen atoms in total. The average molecular weight is 796 g/mol. The normalized spacial score (nSPS) is 11.6. The molecule has 0 atom stereocenters. The van der Waals surface area contributed by atoms with Crippen LogP contribution in [0.3, 0.4) is 0 Å². The highest BCUT2D eigenvalue weighted by molar-refractivity contribution is 7.19. The van der Waals surface area contributed by atoms with Crippen LogP contribution < -0.4 is 25.6 Å². The first-order valence-electron chi connectivity index (χ1n) is 20.9. The fourth-order valence-corrected chi connectivity index (χ4v) is 14.1. The van der Waals surface area contributed by atoms with Gasteiger partial charge in [0.25, 0.3) is 0 Å². The molecule has 1 aromatic heterocycles. The summed E-state index contributed by atoms with van der Waals surface area (Å²) in [5.74, 6) is 0. The van der Waals surface area contributed by atoms with Crippen molar-refractivity contribution in [2.75, 3.05) is 4.90 Å². The van der Waals surface area contributed by atoms with Crippen LogP contribution in [-0.4, -0.2) is 8.07 Å². The maximum atomic E-state index is 6.68. The number of nitrogens with zero attached hydrogens (tertiary/aromatic N) is 1. The standard InChI is InChI=1S/C58H41NOSi/c1-5-16-42(17-6-1)45-30-38-55-56-39-35-48(41-58(56)60-57(55)40-45)59(46-31-28-44(29-32-46)54-27-15-19-43-18-13-14-26-53(43)54)47-33-36-52(37-34-47)61(49-20-7-2-8-21-49,50-22-9-3-10-23-50)51-24-11-4-12-25-51/h1-41H. The molecule has 0 unspecified atom stereocenters. The third-order valence-corrected chi connectivity index (χ3v) is 17.0. The zero-order valence-corrected chi connectivity index (χ0v) is 34.5. The summed E-state index contributed by atoms with van der Waals surface area (Å²) in [5.41, 5.74) is 9.62. The molecular weight excluding hydrogens is 755 g/mol. The molecule has 1 heterocycles. The smallest absolute Gasteiger partial charge is 0.179 e. The molecule has 0 radical (unpaired) electrons. The predicted molar refractivity (Wildman–Crippen MR) is 260 cm³/mol. The van der Waals surface area contributed by atoms with E-state index in [9.17, 15) is 0 Å². The summed E-state index contributed by atoms with van der Waals surface area (Å²) in [6.07, 6.45) is 0. The second kappa shape index (κ2) is 15.5. The molecule has 0 aliphatic heterocycles. The lowest BCUT2D eigenvalue weighted by Crippen LogP contribution is -2.74. The second-order valence-electron chi connectivity index (χ2n) is 15.7. The van der Waals surface area contributed by atoms with Gasteiger partial charge < -0.3 is 9.32 Å². The van der Waals surface area contributed by atoms with Crippen LogP contribution in [0, 0.1) is 0 Å². The van der Waals surface area contributed by atoms with E-state index in [1.54, 1.807) is 0 Å². The van der Waals surface area contributed by atoms with Gasteiger partial charge in [-0.3, -0.25) is 0 Å². The fourth-order valence-electron chi connectivity index (χ4n) is 9.35. The first-order chi connectivity index (χ1) is 30.2. The maximum absolute atomic E-state index is 6.68. The molecule has 0 saturated carbocycles. The van der Waals surface area contributed by atoms with E-state index in [0.29, 0.717) is 0 Å². The highest BCUT2D eigenvalue weighted by Crippen LogP contribution is 2.40. The number of hydrogen-bond donors (Lipinski definition) is 0. The van der Waals surface area contributed by atoms with Crippen molar-refractivity contribution >= 4 is 78.6 Å². The summed E-state index contributed by atoms with van der Waals surface area (Å²) >= 11 is 0. The van der Waals surface area contributed by atoms with Crippen LogP contribution in [0.4, 0.5) is 17.1 Å². The molecular formula is C58H41NOSi. The topological polar surface area (TPSA) is 16.4 Å². The maximum Gasteiger partial charge on any atom is 0.179 e. The molecule has 11 rings (SSSR count). The van der Waals surface area contributed by atoms with Crippen molar-refractivity contribution in [3.8, 4) is 22.3 Å². The lowest BCUT2D eigenvalue weighted by Gasteiger charge is -2.35. The zero-order valence-electron chi connectivity index (χ0n) is 33.5. The summed E-state index contributed by atoms with van der Waals surface area (Å²) in [7, 11) is -2.70. The van der Waals surface area contributed by atoms with E-state index >= 15 is 0 Å². The van der Waals surface area contributed by atoms with Crippen molar-refractivity contribution in [3.05, 3.63) is 249 Å². The molecule has 288 valence electrons. The van der Waals surface area contributed by atoms with E-state index in [1.807, 2.05) is 0 Å². The third kappa shape index (κ3) is 6.44. The number of fused-ring (bicyclic) bond motifs is 4. The van der Waals surface area contributed by atoms with Crippen LogP contribution >= 0.6 is 0 Å². The molecule has 0 aliphatic rings. The minimum Gasteiger partial charge on any atom is -0.456 e. The lowest BCUT2D eigenvalue weighted by molar-refractivity contribution is 0.669. The van der Waals surface area contributed by atoms with E-state index < -0.39 is 8.07 Å². The van der Waals surface area contributed by atoms with Crippen LogP contribution in [0.15, 0.2) is 253 Å². The van der Waals surface area contributed by atoms with Gasteiger partial charge in [-0.2, -0.15) is 0 Å². The fraction of sp³-hybridized carbons (Fsp3) is 0. The highest BCUT2D eigenvalue weighted by atomic mass is 28.3. The van der Waals surface area contributed by atoms with Gasteiger partial charge in [-0.25, -0.2) is 0 Å². The monoisotopic (exact) mass is 795 g/mol. The Bertz CT molecular complexity index is 3170. The summed E-state index contributed by atoms with van der Waals surface area (Å²) in [6.45, 7) is 0. The van der Waals surface area contributed by atoms with Crippen molar-refractivity contribution in [2.24, 2.45) is 0 Å². The predicted octanol–water partition coefficient (Wildman–Crippen LogP) is 12.9. The van der Waals surface area contributed by atoms with Crippen molar-refractivity contribution in [3.63, 3.8) is 0 Å². The van der Waals surface area contributed by atoms with E-state index in [-0.39, 0.29) is 0 Å². The molecule has 0 N–H and O–H groups in total. The van der Waals surface area contributed by atoms with Crippen molar-refractivity contribution in [1.29, 1.82) is 0 Å². The Labute approximate surface area is 357 Å². The molecule has 0 saturated heterocycles. The molecule has 0 aliphatic carbocycles. The van der Waals surface area contributed by atoms with E-state index in [4.69, 9.17) is 4.42 Å². The first kappa shape index (κ1) is 36.4. The van der Waals surface area contributed by atoms with Crippen molar-refractivity contribution < 1.29 is 4.42 Å². The summed E-state index contributed by atoms with van der Waals surface area (Å²) in [4.78, 5) is 2.36. The van der Waals surface area contributed by atoms with E-state index in [2.05, 4.69) is 254 Å². The molecule has 11 aromatic rings. The molecule has 61 heavy (non-hydrogen) atoms. The molecule has 0 fully saturated rings. The van der Waals surface area contributed by atoms with E-state index in [1.165, 1.54) is 48.2 Å². The Hall–Kier alpha value is -7.72. The van der Waals surface area contributed by atoms with Gasteiger partial charge in [0.15, 0.2) is 8.07 Å². The lowest BCUT2D eigenvalue weighted by atomic mass is 9.98. The Morgan fingerprint density at radius 2 is 0.754 bits per heavy atom. The minimum absolute atomic E-state index is 0.857. The number of anilines is 3. The van der Waals surface area contributed by atoms with Crippen LogP contribution in [0.1, 0.15) is 0 Å². The highest BCUT2D eigenvalue weighted by Gasteiger charge is 2.41. The van der Waals surface area contributed by atoms with Crippen LogP contribution in [-0.2, 0) is 0 Å². The number of furan rings is 1. The Kier molecular flexibility index (Phi) is 9.22. The molecule has 0 bridgehead atoms. The van der Waals surface area contributed by atoms with Gasteiger partial charge in [-0.15, -0.1) is 0 Å². The Morgan fingerprint density at radius 1 is 0.295 bits per heavy atom. The minimum atomic E-state index is -2.70. The average Bonchev–Trinajstić information content (AvgIpc) is 3.71. The zero-order chi connectivity index (χ0) is 40.6. The molecule has 0 spiro atoms. The number of hydrogen-bond acceptors (Lipinski definition) is 2. The Balaban J connectivity index is 1.07. The van der Waals surface area contributed by atoms with Gasteiger partial charge in [-0.1, -0.05) is 194 Å². The van der Waals surface area contributed by atoms with Crippen molar-refractivity contribution in [1.82, 2.24) is 0 Å². The summed E-state index contributed by atoms with van der Waals surface area (Å²) in [6, 6.07) is 90.5. The van der Waals surface area contributed by atoms with Gasteiger partial charge in [0, 0.05) is 33.9 Å². The second-order valence-corrected chi connectivity index (χ2v) is 19.5. The van der Waals surface area contributed by atoms with Gasteiger partial charge in [0.2, 0.25) is 0 Å². The number of rotatable bonds is 9. The van der Waals surface area contributed by atoms with Gasteiger partial charge in [0.05, 0.1) is 0 Å². The molecule has 0 amide bonds. The SMILES string of the molecule is c1ccc(-c2ccc3c(c2)oc2cc(N(c4ccc(-c5cccc6ccccc56)cc4)c4ccc([Si](c5ccccc5)(c5ccccc5)c5ccccc5)cc4)ccc23)cc1. The van der Waals surface area contributed by atoms with Gasteiger partial charge >= 0.3 is 0 Å². The van der Waals surface area contributed by atoms with Gasteiger partial charge in [-0.05, 0) is 102 Å². The summed E-state index contributed by atoms with van der Waals surface area (Å²) in [5, 5.41) is 10.1. The quantitative estimate of drug-likeness (QED) is 0.107. The Morgan fingerprint density at radius 3 is 1.38 bits per heavy atom. The van der Waals surface area contributed by atoms with E-state index in [0.717, 1.165) is 44.6 Å². The van der Waals surface area contributed by atoms with Crippen LogP contribution in [0.2, 0.25) is 0 Å². The largest absolute Gasteiger partial charge is 0.456 e. The molecule has 3 heteroatoms. The van der Waals surface area contributed by atoms with Crippen LogP contribution in [0.25, 0.3) is 55.0 Å². The van der Waals surface area contributed by atoms with Gasteiger partial charge in [0.1, 0.15) is 11.2 Å². The molecule has 10 aromatic carbocycles. The number of benzene rings is 10.